The number of hydrogen-bond acceptors (Lipinski definition) is 5. The maximum atomic E-state index is 13.6. The summed E-state index contributed by atoms with van der Waals surface area (Å²) in [5.74, 6) is -0.497. The molecule has 1 aromatic heterocycles. The smallest absolute Gasteiger partial charge is 0.243 e. The molecule has 1 aliphatic rings. The predicted molar refractivity (Wildman–Crippen MR) is 75.2 cm³/mol. The molecule has 1 atom stereocenters. The topological polar surface area (TPSA) is 81.9 Å². The fraction of sp³-hybridized carbons (Fsp3) is 0.429. The summed E-state index contributed by atoms with van der Waals surface area (Å²) in [5.41, 5.74) is 0.258. The fourth-order valence-electron chi connectivity index (χ4n) is 2.28. The highest BCUT2D eigenvalue weighted by Gasteiger charge is 2.17. The first-order valence-corrected chi connectivity index (χ1v) is 7.13. The van der Waals surface area contributed by atoms with Gasteiger partial charge in [-0.05, 0) is 30.2 Å². The van der Waals surface area contributed by atoms with Crippen LogP contribution in [0.5, 0.6) is 0 Å². The molecule has 7 nitrogen and oxygen atoms in total. The van der Waals surface area contributed by atoms with Crippen LogP contribution in [0, 0.1) is 5.82 Å². The zero-order chi connectivity index (χ0) is 15.4. The number of benzene rings is 1. The Morgan fingerprint density at radius 2 is 2.32 bits per heavy atom. The highest BCUT2D eigenvalue weighted by atomic mass is 19.1. The molecule has 3 rings (SSSR count). The van der Waals surface area contributed by atoms with Crippen molar-refractivity contribution in [3.63, 3.8) is 0 Å². The molecule has 1 saturated heterocycles. The summed E-state index contributed by atoms with van der Waals surface area (Å²) in [6, 6.07) is 6.16. The fourth-order valence-corrected chi connectivity index (χ4v) is 2.28. The summed E-state index contributed by atoms with van der Waals surface area (Å²) in [4.78, 5) is 13.0. The Morgan fingerprint density at radius 1 is 1.45 bits per heavy atom. The van der Waals surface area contributed by atoms with Gasteiger partial charge in [0.05, 0.1) is 11.7 Å². The summed E-state index contributed by atoms with van der Waals surface area (Å²) >= 11 is 0. The van der Waals surface area contributed by atoms with E-state index < -0.39 is 5.82 Å². The number of nitrogens with zero attached hydrogens (tertiary/aromatic N) is 4. The Bertz CT molecular complexity index is 654. The van der Waals surface area contributed by atoms with Crippen LogP contribution in [0.25, 0.3) is 11.4 Å². The van der Waals surface area contributed by atoms with Crippen LogP contribution in [0.3, 0.4) is 0 Å². The van der Waals surface area contributed by atoms with Gasteiger partial charge in [0.2, 0.25) is 11.7 Å². The Balaban J connectivity index is 1.57. The van der Waals surface area contributed by atoms with E-state index in [0.29, 0.717) is 6.54 Å². The molecule has 0 spiro atoms. The quantitative estimate of drug-likeness (QED) is 0.882. The number of carbonyl (C=O) groups excluding carboxylic acids is 1. The molecule has 0 unspecified atom stereocenters. The van der Waals surface area contributed by atoms with E-state index in [1.54, 1.807) is 18.2 Å². The molecule has 0 radical (unpaired) electrons. The zero-order valence-electron chi connectivity index (χ0n) is 11.9. The van der Waals surface area contributed by atoms with Crippen LogP contribution < -0.4 is 5.32 Å². The predicted octanol–water partition coefficient (Wildman–Crippen LogP) is 0.774. The van der Waals surface area contributed by atoms with Crippen LogP contribution in [0.15, 0.2) is 24.3 Å². The van der Waals surface area contributed by atoms with Crippen LogP contribution in [-0.4, -0.2) is 45.4 Å². The summed E-state index contributed by atoms with van der Waals surface area (Å²) in [6.45, 7) is 1.17. The number of tetrazole rings is 1. The van der Waals surface area contributed by atoms with Crippen LogP contribution in [0.2, 0.25) is 0 Å². The number of ether oxygens (including phenoxy) is 1. The maximum absolute atomic E-state index is 13.6. The van der Waals surface area contributed by atoms with Crippen molar-refractivity contribution in [1.82, 2.24) is 25.5 Å². The molecule has 116 valence electrons. The van der Waals surface area contributed by atoms with Crippen molar-refractivity contribution in [3.05, 3.63) is 30.1 Å². The normalized spacial score (nSPS) is 17.6. The van der Waals surface area contributed by atoms with E-state index in [2.05, 4.69) is 20.7 Å². The van der Waals surface area contributed by atoms with Crippen molar-refractivity contribution in [2.24, 2.45) is 0 Å². The lowest BCUT2D eigenvalue weighted by molar-refractivity contribution is -0.122. The minimum atomic E-state index is -0.426. The van der Waals surface area contributed by atoms with Gasteiger partial charge in [-0.1, -0.05) is 12.1 Å². The van der Waals surface area contributed by atoms with Crippen molar-refractivity contribution >= 4 is 5.91 Å². The van der Waals surface area contributed by atoms with Gasteiger partial charge in [0, 0.05) is 13.2 Å². The highest BCUT2D eigenvalue weighted by Crippen LogP contribution is 2.17. The van der Waals surface area contributed by atoms with E-state index in [9.17, 15) is 9.18 Å². The van der Waals surface area contributed by atoms with Gasteiger partial charge in [-0.2, -0.15) is 4.80 Å². The van der Waals surface area contributed by atoms with E-state index in [1.165, 1.54) is 6.07 Å². The molecular formula is C14H16FN5O2. The third-order valence-electron chi connectivity index (χ3n) is 3.40. The van der Waals surface area contributed by atoms with Crippen molar-refractivity contribution in [2.75, 3.05) is 13.2 Å². The molecule has 1 fully saturated rings. The van der Waals surface area contributed by atoms with E-state index in [-0.39, 0.29) is 29.9 Å². The standard InChI is InChI=1S/C14H16FN5O2/c15-12-6-2-1-5-11(12)14-17-19-20(18-14)9-13(21)16-8-10-4-3-7-22-10/h1-2,5-6,10H,3-4,7-9H2,(H,16,21)/t10-/m0/s1. The number of carbonyl (C=O) groups is 1. The first kappa shape index (κ1) is 14.6. The van der Waals surface area contributed by atoms with E-state index >= 15 is 0 Å². The zero-order valence-corrected chi connectivity index (χ0v) is 11.9. The SMILES string of the molecule is O=C(Cn1nnc(-c2ccccc2F)n1)NC[C@@H]1CCCO1. The molecule has 0 aliphatic carbocycles. The van der Waals surface area contributed by atoms with Crippen molar-refractivity contribution in [2.45, 2.75) is 25.5 Å². The molecule has 0 bridgehead atoms. The number of amides is 1. The largest absolute Gasteiger partial charge is 0.376 e. The van der Waals surface area contributed by atoms with Gasteiger partial charge in [0.15, 0.2) is 0 Å². The van der Waals surface area contributed by atoms with Gasteiger partial charge in [-0.3, -0.25) is 4.79 Å². The van der Waals surface area contributed by atoms with E-state index in [1.807, 2.05) is 0 Å². The van der Waals surface area contributed by atoms with Crippen LogP contribution >= 0.6 is 0 Å². The monoisotopic (exact) mass is 305 g/mol. The van der Waals surface area contributed by atoms with Gasteiger partial charge in [-0.15, -0.1) is 10.2 Å². The number of hydrogen-bond donors (Lipinski definition) is 1. The Hall–Kier alpha value is -2.35. The summed E-state index contributed by atoms with van der Waals surface area (Å²) in [6.07, 6.45) is 2.07. The van der Waals surface area contributed by atoms with Gasteiger partial charge in [-0.25, -0.2) is 4.39 Å². The lowest BCUT2D eigenvalue weighted by Gasteiger charge is -2.10. The third kappa shape index (κ3) is 3.45. The van der Waals surface area contributed by atoms with Crippen LogP contribution in [-0.2, 0) is 16.1 Å². The van der Waals surface area contributed by atoms with Crippen molar-refractivity contribution in [1.29, 1.82) is 0 Å². The molecule has 2 heterocycles. The minimum absolute atomic E-state index is 0.0613. The second kappa shape index (κ2) is 6.61. The molecule has 0 saturated carbocycles. The molecule has 8 heteroatoms. The number of aromatic nitrogens is 4. The van der Waals surface area contributed by atoms with Crippen molar-refractivity contribution < 1.29 is 13.9 Å². The highest BCUT2D eigenvalue weighted by molar-refractivity contribution is 5.75. The van der Waals surface area contributed by atoms with Gasteiger partial charge in [0.25, 0.3) is 0 Å². The van der Waals surface area contributed by atoms with Gasteiger partial charge in [0.1, 0.15) is 12.4 Å². The Kier molecular flexibility index (Phi) is 4.38. The third-order valence-corrected chi connectivity index (χ3v) is 3.40. The summed E-state index contributed by atoms with van der Waals surface area (Å²) in [5, 5.41) is 14.3. The average Bonchev–Trinajstić information content (AvgIpc) is 3.17. The number of nitrogens with one attached hydrogen (secondary N) is 1. The first-order chi connectivity index (χ1) is 10.7. The van der Waals surface area contributed by atoms with Crippen molar-refractivity contribution in [3.8, 4) is 11.4 Å². The lowest BCUT2D eigenvalue weighted by atomic mass is 10.2. The van der Waals surface area contributed by atoms with Gasteiger partial charge >= 0.3 is 0 Å². The minimum Gasteiger partial charge on any atom is -0.376 e. The molecule has 1 amide bonds. The second-order valence-corrected chi connectivity index (χ2v) is 5.06. The molecule has 2 aromatic rings. The van der Waals surface area contributed by atoms with Gasteiger partial charge < -0.3 is 10.1 Å². The van der Waals surface area contributed by atoms with Crippen LogP contribution in [0.4, 0.5) is 4.39 Å². The molecule has 1 N–H and O–H groups in total. The second-order valence-electron chi connectivity index (χ2n) is 5.06. The first-order valence-electron chi connectivity index (χ1n) is 7.13. The molecule has 22 heavy (non-hydrogen) atoms. The summed E-state index contributed by atoms with van der Waals surface area (Å²) < 4.78 is 19.1. The summed E-state index contributed by atoms with van der Waals surface area (Å²) in [7, 11) is 0. The average molecular weight is 305 g/mol. The maximum Gasteiger partial charge on any atom is 0.243 e. The van der Waals surface area contributed by atoms with Crippen LogP contribution in [0.1, 0.15) is 12.8 Å². The van der Waals surface area contributed by atoms with E-state index in [4.69, 9.17) is 4.74 Å². The lowest BCUT2D eigenvalue weighted by Crippen LogP contribution is -2.34. The molecule has 1 aliphatic heterocycles. The number of halogens is 1. The number of rotatable bonds is 5. The molecular weight excluding hydrogens is 289 g/mol. The Labute approximate surface area is 126 Å². The van der Waals surface area contributed by atoms with E-state index in [0.717, 1.165) is 24.2 Å². The Morgan fingerprint density at radius 3 is 3.09 bits per heavy atom. The molecule has 1 aromatic carbocycles.